The average molecular weight is 373 g/mol. The molecule has 0 heterocycles. The molecule has 0 fully saturated rings. The van der Waals surface area contributed by atoms with Gasteiger partial charge in [-0.25, -0.2) is 0 Å². The maximum Gasteiger partial charge on any atom is 0 e. The predicted molar refractivity (Wildman–Crippen MR) is 97.8 cm³/mol. The van der Waals surface area contributed by atoms with Gasteiger partial charge in [0.05, 0.1) is 0 Å². The molecule has 0 spiro atoms. The standard InChI is InChI=1S/C8H12N2.C5H12.2C2H6.CH4.Y/c1-7(9)10-8-5-3-2-4-6-8;1-5(2,3)4;2*1-2;;/h3,5H,1-2,4,6H2,(H2,9,10);1-4H3;2*1-2H3;1H4;/q-2;;;;;. The summed E-state index contributed by atoms with van der Waals surface area (Å²) < 4.78 is 0. The van der Waals surface area contributed by atoms with Gasteiger partial charge in [0.15, 0.2) is 0 Å². The quantitative estimate of drug-likeness (QED) is 0.332. The minimum absolute atomic E-state index is 0. The van der Waals surface area contributed by atoms with Crippen LogP contribution in [0.3, 0.4) is 0 Å². The van der Waals surface area contributed by atoms with Crippen LogP contribution in [-0.4, -0.2) is 5.84 Å². The molecule has 0 atom stereocenters. The number of aliphatic imine (C=N–C) groups is 1. The fraction of sp³-hybridized carbons (Fsp3) is 0.722. The molecule has 0 saturated carbocycles. The van der Waals surface area contributed by atoms with E-state index in [0.29, 0.717) is 11.3 Å². The van der Waals surface area contributed by atoms with Gasteiger partial charge >= 0.3 is 0 Å². The van der Waals surface area contributed by atoms with Crippen molar-refractivity contribution in [1.29, 1.82) is 0 Å². The number of hydrogen-bond acceptors (Lipinski definition) is 1. The van der Waals surface area contributed by atoms with Crippen LogP contribution < -0.4 is 5.73 Å². The van der Waals surface area contributed by atoms with Gasteiger partial charge in [0.2, 0.25) is 0 Å². The Kier molecular flexibility index (Phi) is 34.9. The van der Waals surface area contributed by atoms with Crippen LogP contribution in [0.1, 0.15) is 82.1 Å². The molecule has 0 aromatic rings. The van der Waals surface area contributed by atoms with E-state index in [1.807, 2.05) is 33.8 Å². The fourth-order valence-corrected chi connectivity index (χ4v) is 0.981. The van der Waals surface area contributed by atoms with Gasteiger partial charge in [0.1, 0.15) is 0 Å². The van der Waals surface area contributed by atoms with Crippen LogP contribution in [-0.2, 0) is 32.7 Å². The topological polar surface area (TPSA) is 38.4 Å². The van der Waals surface area contributed by atoms with E-state index in [2.05, 4.69) is 45.7 Å². The Morgan fingerprint density at radius 3 is 1.76 bits per heavy atom. The Labute approximate surface area is 161 Å². The Bertz CT molecular complexity index is 218. The van der Waals surface area contributed by atoms with E-state index < -0.39 is 0 Å². The summed E-state index contributed by atoms with van der Waals surface area (Å²) in [5.74, 6) is 0.404. The largest absolute Gasteiger partial charge is 0.463 e. The van der Waals surface area contributed by atoms with Crippen LogP contribution in [0.4, 0.5) is 0 Å². The Balaban J connectivity index is -0.0000000674. The van der Waals surface area contributed by atoms with Crippen molar-refractivity contribution in [3.63, 3.8) is 0 Å². The minimum atomic E-state index is 0. The Hall–Kier alpha value is 0.0539. The molecule has 0 aromatic carbocycles. The van der Waals surface area contributed by atoms with Crippen molar-refractivity contribution < 1.29 is 32.7 Å². The molecule has 2 N–H and O–H groups in total. The van der Waals surface area contributed by atoms with Crippen LogP contribution in [0, 0.1) is 18.4 Å². The molecule has 127 valence electrons. The number of allylic oxidation sites excluding steroid dienone is 1. The van der Waals surface area contributed by atoms with Crippen molar-refractivity contribution in [3.8, 4) is 0 Å². The van der Waals surface area contributed by atoms with Crippen molar-refractivity contribution in [2.24, 2.45) is 16.1 Å². The maximum absolute atomic E-state index is 5.31. The van der Waals surface area contributed by atoms with E-state index in [-0.39, 0.29) is 40.1 Å². The zero-order valence-electron chi connectivity index (χ0n) is 15.1. The third-order valence-corrected chi connectivity index (χ3v) is 1.40. The van der Waals surface area contributed by atoms with Gasteiger partial charge in [0, 0.05) is 32.7 Å². The van der Waals surface area contributed by atoms with Crippen molar-refractivity contribution in [2.45, 2.75) is 82.1 Å². The van der Waals surface area contributed by atoms with E-state index in [9.17, 15) is 0 Å². The molecule has 1 rings (SSSR count). The van der Waals surface area contributed by atoms with Crippen LogP contribution in [0.25, 0.3) is 0 Å². The first-order chi connectivity index (χ1) is 8.79. The molecule has 0 unspecified atom stereocenters. The summed E-state index contributed by atoms with van der Waals surface area (Å²) in [6.07, 6.45) is 7.51. The second kappa shape index (κ2) is 22.3. The maximum atomic E-state index is 5.31. The van der Waals surface area contributed by atoms with E-state index in [4.69, 9.17) is 5.73 Å². The van der Waals surface area contributed by atoms with Crippen LogP contribution in [0.15, 0.2) is 17.1 Å². The summed E-state index contributed by atoms with van der Waals surface area (Å²) in [4.78, 5) is 4.05. The zero-order chi connectivity index (χ0) is 15.9. The molecule has 1 aliphatic rings. The molecule has 3 heteroatoms. The molecular formula is C18H40N2Y-2. The van der Waals surface area contributed by atoms with Gasteiger partial charge in [-0.1, -0.05) is 88.1 Å². The molecule has 0 amide bonds. The number of nitrogens with two attached hydrogens (primary N) is 1. The third-order valence-electron chi connectivity index (χ3n) is 1.40. The molecule has 0 saturated heterocycles. The number of hydrogen-bond donors (Lipinski definition) is 1. The van der Waals surface area contributed by atoms with Crippen LogP contribution in [0.2, 0.25) is 0 Å². The SMILES string of the molecule is C.CC.CC.CC(C)(C)C.[CH2-]C(N)=N[C-]1C=CCCC1.[Y]. The van der Waals surface area contributed by atoms with Gasteiger partial charge in [-0.2, -0.15) is 12.2 Å². The van der Waals surface area contributed by atoms with E-state index in [0.717, 1.165) is 18.9 Å². The summed E-state index contributed by atoms with van der Waals surface area (Å²) in [5, 5.41) is 0. The van der Waals surface area contributed by atoms with E-state index in [1.54, 1.807) is 0 Å². The normalized spacial score (nSPS) is 12.8. The first-order valence-corrected chi connectivity index (χ1v) is 7.47. The number of rotatable bonds is 1. The molecule has 0 aromatic heterocycles. The summed E-state index contributed by atoms with van der Waals surface area (Å²) in [5.41, 5.74) is 5.81. The van der Waals surface area contributed by atoms with Gasteiger partial charge in [-0.15, -0.1) is 5.84 Å². The first kappa shape index (κ1) is 32.9. The Morgan fingerprint density at radius 1 is 1.14 bits per heavy atom. The van der Waals surface area contributed by atoms with Crippen LogP contribution >= 0.6 is 0 Å². The number of nitrogens with zero attached hydrogens (tertiary/aromatic N) is 1. The van der Waals surface area contributed by atoms with Gasteiger partial charge in [-0.3, -0.25) is 0 Å². The molecule has 1 aliphatic carbocycles. The molecule has 0 bridgehead atoms. The summed E-state index contributed by atoms with van der Waals surface area (Å²) in [7, 11) is 0. The molecule has 21 heavy (non-hydrogen) atoms. The second-order valence-corrected chi connectivity index (χ2v) is 5.39. The van der Waals surface area contributed by atoms with Crippen LogP contribution in [0.5, 0.6) is 0 Å². The van der Waals surface area contributed by atoms with Gasteiger partial charge in [-0.05, 0) is 5.41 Å². The van der Waals surface area contributed by atoms with Gasteiger partial charge in [0.25, 0.3) is 0 Å². The molecular weight excluding hydrogens is 333 g/mol. The average Bonchev–Trinajstić information content (AvgIpc) is 2.32. The van der Waals surface area contributed by atoms with Gasteiger partial charge < -0.3 is 17.6 Å². The molecule has 2 nitrogen and oxygen atoms in total. The summed E-state index contributed by atoms with van der Waals surface area (Å²) in [6.45, 7) is 20.3. The van der Waals surface area contributed by atoms with Crippen molar-refractivity contribution >= 4 is 5.84 Å². The van der Waals surface area contributed by atoms with Crippen molar-refractivity contribution in [2.75, 3.05) is 0 Å². The van der Waals surface area contributed by atoms with Crippen molar-refractivity contribution in [3.05, 3.63) is 25.1 Å². The summed E-state index contributed by atoms with van der Waals surface area (Å²) in [6, 6.07) is 1.05. The predicted octanol–water partition coefficient (Wildman–Crippen LogP) is 6.19. The van der Waals surface area contributed by atoms with E-state index in [1.165, 1.54) is 6.42 Å². The smallest absolute Gasteiger partial charge is 0 e. The minimum Gasteiger partial charge on any atom is -0.463 e. The van der Waals surface area contributed by atoms with E-state index >= 15 is 0 Å². The second-order valence-electron chi connectivity index (χ2n) is 5.39. The zero-order valence-corrected chi connectivity index (χ0v) is 17.9. The fourth-order valence-electron chi connectivity index (χ4n) is 0.981. The third kappa shape index (κ3) is 45.0. The Morgan fingerprint density at radius 2 is 1.52 bits per heavy atom. The monoisotopic (exact) mass is 373 g/mol. The molecule has 1 radical (unpaired) electrons. The number of amidine groups is 1. The first-order valence-electron chi connectivity index (χ1n) is 7.47. The molecule has 0 aliphatic heterocycles. The van der Waals surface area contributed by atoms with Crippen molar-refractivity contribution in [1.82, 2.24) is 0 Å². The summed E-state index contributed by atoms with van der Waals surface area (Å²) >= 11 is 0.